The fourth-order valence-corrected chi connectivity index (χ4v) is 4.58. The summed E-state index contributed by atoms with van der Waals surface area (Å²) in [6.45, 7) is 0.725. The molecule has 0 aromatic carbocycles. The summed E-state index contributed by atoms with van der Waals surface area (Å²) in [7, 11) is 1.85. The number of rotatable bonds is 3. The second kappa shape index (κ2) is 6.05. The van der Waals surface area contributed by atoms with Gasteiger partial charge in [-0.05, 0) is 35.2 Å². The van der Waals surface area contributed by atoms with E-state index in [9.17, 15) is 9.59 Å². The number of aromatic nitrogens is 2. The number of anilines is 1. The first-order chi connectivity index (χ1) is 11.6. The molecular formula is C17H20N4O2S. The number of amides is 2. The number of likely N-dealkylation sites (tertiary alicyclic amines) is 1. The van der Waals surface area contributed by atoms with Gasteiger partial charge in [-0.3, -0.25) is 14.3 Å². The van der Waals surface area contributed by atoms with Crippen LogP contribution < -0.4 is 4.90 Å². The molecule has 0 aliphatic carbocycles. The highest BCUT2D eigenvalue weighted by Gasteiger charge is 2.45. The molecule has 0 unspecified atom stereocenters. The summed E-state index contributed by atoms with van der Waals surface area (Å²) in [5.41, 5.74) is 1.91. The van der Waals surface area contributed by atoms with Crippen LogP contribution in [0.2, 0.25) is 0 Å². The van der Waals surface area contributed by atoms with Gasteiger partial charge in [0.2, 0.25) is 11.8 Å². The lowest BCUT2D eigenvalue weighted by Gasteiger charge is -2.39. The third-order valence-corrected chi connectivity index (χ3v) is 5.72. The molecule has 2 aromatic heterocycles. The maximum atomic E-state index is 12.7. The highest BCUT2D eigenvalue weighted by Crippen LogP contribution is 2.35. The van der Waals surface area contributed by atoms with E-state index in [1.54, 1.807) is 22.2 Å². The Bertz CT molecular complexity index is 754. The topological polar surface area (TPSA) is 58.4 Å². The summed E-state index contributed by atoms with van der Waals surface area (Å²) in [4.78, 5) is 29.0. The van der Waals surface area contributed by atoms with Crippen LogP contribution in [0.15, 0.2) is 29.2 Å². The van der Waals surface area contributed by atoms with Crippen LogP contribution in [0.25, 0.3) is 0 Å². The Morgan fingerprint density at radius 3 is 2.96 bits per heavy atom. The fraction of sp³-hybridized carbons (Fsp3) is 0.471. The Balaban J connectivity index is 1.54. The van der Waals surface area contributed by atoms with E-state index in [1.165, 1.54) is 0 Å². The van der Waals surface area contributed by atoms with Crippen molar-refractivity contribution in [2.45, 2.75) is 37.8 Å². The molecule has 0 saturated carbocycles. The van der Waals surface area contributed by atoms with E-state index >= 15 is 0 Å². The number of carbonyl (C=O) groups is 2. The lowest BCUT2D eigenvalue weighted by atomic mass is 9.95. The van der Waals surface area contributed by atoms with Gasteiger partial charge in [-0.25, -0.2) is 0 Å². The van der Waals surface area contributed by atoms with E-state index in [4.69, 9.17) is 0 Å². The van der Waals surface area contributed by atoms with Gasteiger partial charge in [-0.2, -0.15) is 16.4 Å². The van der Waals surface area contributed by atoms with Crippen molar-refractivity contribution in [3.63, 3.8) is 0 Å². The maximum absolute atomic E-state index is 12.7. The number of piperidine rings is 1. The molecule has 4 heterocycles. The minimum absolute atomic E-state index is 0.0712. The third-order valence-electron chi connectivity index (χ3n) is 4.99. The molecule has 2 atom stereocenters. The Labute approximate surface area is 144 Å². The van der Waals surface area contributed by atoms with E-state index in [2.05, 4.69) is 5.10 Å². The van der Waals surface area contributed by atoms with Crippen molar-refractivity contribution in [2.75, 3.05) is 11.4 Å². The number of hydrogen-bond donors (Lipinski definition) is 0. The molecule has 2 fully saturated rings. The number of thiophene rings is 1. The van der Waals surface area contributed by atoms with E-state index in [1.807, 2.05) is 39.9 Å². The van der Waals surface area contributed by atoms with Crippen LogP contribution in [0.1, 0.15) is 24.8 Å². The van der Waals surface area contributed by atoms with Crippen LogP contribution in [0.3, 0.4) is 0 Å². The number of hydrogen-bond acceptors (Lipinski definition) is 4. The summed E-state index contributed by atoms with van der Waals surface area (Å²) in [6, 6.07) is 2.19. The first-order valence-corrected chi connectivity index (χ1v) is 9.19. The number of aryl methyl sites for hydroxylation is 1. The van der Waals surface area contributed by atoms with Gasteiger partial charge < -0.3 is 9.80 Å². The second-order valence-electron chi connectivity index (χ2n) is 6.49. The van der Waals surface area contributed by atoms with E-state index < -0.39 is 0 Å². The summed E-state index contributed by atoms with van der Waals surface area (Å²) in [5, 5.41) is 8.21. The standard InChI is InChI=1S/C17H20N4O2S/c1-19-10-13(9-18-19)21-15-4-6-20(14(15)2-3-16(21)22)17(23)8-12-5-7-24-11-12/h5,7,9-11,14-15H,2-4,6,8H2,1H3/t14-,15-/m1/s1. The first-order valence-electron chi connectivity index (χ1n) is 8.25. The van der Waals surface area contributed by atoms with Gasteiger partial charge in [-0.15, -0.1) is 0 Å². The van der Waals surface area contributed by atoms with Gasteiger partial charge >= 0.3 is 0 Å². The van der Waals surface area contributed by atoms with Crippen molar-refractivity contribution < 1.29 is 9.59 Å². The first kappa shape index (κ1) is 15.4. The summed E-state index contributed by atoms with van der Waals surface area (Å²) in [5.74, 6) is 0.303. The average molecular weight is 344 g/mol. The highest BCUT2D eigenvalue weighted by atomic mass is 32.1. The van der Waals surface area contributed by atoms with Gasteiger partial charge in [0.15, 0.2) is 0 Å². The molecule has 2 aromatic rings. The number of fused-ring (bicyclic) bond motifs is 1. The van der Waals surface area contributed by atoms with Crippen LogP contribution in [-0.2, 0) is 23.1 Å². The molecule has 0 radical (unpaired) electrons. The molecule has 4 rings (SSSR count). The van der Waals surface area contributed by atoms with Gasteiger partial charge in [0.1, 0.15) is 0 Å². The summed E-state index contributed by atoms with van der Waals surface area (Å²) >= 11 is 1.61. The van der Waals surface area contributed by atoms with Crippen LogP contribution >= 0.6 is 11.3 Å². The Hall–Kier alpha value is -2.15. The fourth-order valence-electron chi connectivity index (χ4n) is 3.91. The third kappa shape index (κ3) is 2.62. The molecule has 2 saturated heterocycles. The van der Waals surface area contributed by atoms with Gasteiger partial charge in [0.05, 0.1) is 30.4 Å². The van der Waals surface area contributed by atoms with Crippen molar-refractivity contribution in [1.82, 2.24) is 14.7 Å². The Morgan fingerprint density at radius 1 is 1.38 bits per heavy atom. The second-order valence-corrected chi connectivity index (χ2v) is 7.27. The minimum Gasteiger partial charge on any atom is -0.337 e. The van der Waals surface area contributed by atoms with Crippen molar-refractivity contribution in [2.24, 2.45) is 7.05 Å². The van der Waals surface area contributed by atoms with Crippen molar-refractivity contribution >= 4 is 28.8 Å². The van der Waals surface area contributed by atoms with E-state index in [0.29, 0.717) is 12.8 Å². The maximum Gasteiger partial charge on any atom is 0.227 e. The average Bonchev–Trinajstić information content (AvgIpc) is 3.27. The highest BCUT2D eigenvalue weighted by molar-refractivity contribution is 7.08. The molecule has 0 spiro atoms. The number of carbonyl (C=O) groups excluding carboxylic acids is 2. The smallest absolute Gasteiger partial charge is 0.227 e. The monoisotopic (exact) mass is 344 g/mol. The van der Waals surface area contributed by atoms with Crippen molar-refractivity contribution in [3.8, 4) is 0 Å². The molecule has 7 heteroatoms. The zero-order chi connectivity index (χ0) is 16.7. The molecule has 126 valence electrons. The lowest BCUT2D eigenvalue weighted by Crippen LogP contribution is -2.53. The van der Waals surface area contributed by atoms with Gasteiger partial charge in [0.25, 0.3) is 0 Å². The molecule has 6 nitrogen and oxygen atoms in total. The normalized spacial score (nSPS) is 23.6. The predicted molar refractivity (Wildman–Crippen MR) is 91.9 cm³/mol. The van der Waals surface area contributed by atoms with Gasteiger partial charge in [0, 0.05) is 26.2 Å². The lowest BCUT2D eigenvalue weighted by molar-refractivity contribution is -0.133. The quantitative estimate of drug-likeness (QED) is 0.853. The van der Waals surface area contributed by atoms with E-state index in [-0.39, 0.29) is 23.9 Å². The van der Waals surface area contributed by atoms with Crippen LogP contribution in [0, 0.1) is 0 Å². The van der Waals surface area contributed by atoms with Gasteiger partial charge in [-0.1, -0.05) is 0 Å². The molecule has 2 amide bonds. The number of nitrogens with zero attached hydrogens (tertiary/aromatic N) is 4. The molecule has 0 N–H and O–H groups in total. The zero-order valence-electron chi connectivity index (χ0n) is 13.6. The molecular weight excluding hydrogens is 324 g/mol. The largest absolute Gasteiger partial charge is 0.337 e. The zero-order valence-corrected chi connectivity index (χ0v) is 14.4. The van der Waals surface area contributed by atoms with E-state index in [0.717, 1.165) is 30.6 Å². The van der Waals surface area contributed by atoms with Crippen LogP contribution in [-0.4, -0.2) is 45.1 Å². The SMILES string of the molecule is Cn1cc(N2C(=O)CC[C@@H]3[C@H]2CCN3C(=O)Cc2ccsc2)cn1. The summed E-state index contributed by atoms with van der Waals surface area (Å²) in [6.07, 6.45) is 6.13. The van der Waals surface area contributed by atoms with Crippen molar-refractivity contribution in [3.05, 3.63) is 34.8 Å². The summed E-state index contributed by atoms with van der Waals surface area (Å²) < 4.78 is 1.71. The van der Waals surface area contributed by atoms with Crippen LogP contribution in [0.5, 0.6) is 0 Å². The molecule has 2 aliphatic heterocycles. The molecule has 2 aliphatic rings. The molecule has 0 bridgehead atoms. The van der Waals surface area contributed by atoms with Crippen LogP contribution in [0.4, 0.5) is 5.69 Å². The Morgan fingerprint density at radius 2 is 2.25 bits per heavy atom. The predicted octanol–water partition coefficient (Wildman–Crippen LogP) is 1.82. The van der Waals surface area contributed by atoms with Crippen molar-refractivity contribution in [1.29, 1.82) is 0 Å². The molecule has 24 heavy (non-hydrogen) atoms. The minimum atomic E-state index is 0.0712. The Kier molecular flexibility index (Phi) is 3.88.